The van der Waals surface area contributed by atoms with E-state index in [-0.39, 0.29) is 0 Å². The number of carboxylic acids is 1. The smallest absolute Gasteiger partial charge is 0.324 e. The molecule has 21 heavy (non-hydrogen) atoms. The zero-order valence-electron chi connectivity index (χ0n) is 12.4. The van der Waals surface area contributed by atoms with Crippen molar-refractivity contribution in [2.24, 2.45) is 0 Å². The lowest BCUT2D eigenvalue weighted by molar-refractivity contribution is -0.150. The molecule has 110 valence electrons. The Morgan fingerprint density at radius 2 is 2.00 bits per heavy atom. The predicted molar refractivity (Wildman–Crippen MR) is 84.2 cm³/mol. The van der Waals surface area contributed by atoms with Crippen molar-refractivity contribution in [3.05, 3.63) is 48.0 Å². The van der Waals surface area contributed by atoms with Gasteiger partial charge in [0.2, 0.25) is 0 Å². The van der Waals surface area contributed by atoms with Crippen LogP contribution in [-0.2, 0) is 11.3 Å². The number of hydrogen-bond donors (Lipinski definition) is 1. The van der Waals surface area contributed by atoms with Crippen LogP contribution in [0.2, 0.25) is 0 Å². The number of carboxylic acid groups (broad SMARTS) is 1. The van der Waals surface area contributed by atoms with E-state index in [1.807, 2.05) is 19.1 Å². The predicted octanol–water partition coefficient (Wildman–Crippen LogP) is 3.67. The molecule has 1 fully saturated rings. The molecule has 3 rings (SSSR count). The van der Waals surface area contributed by atoms with Gasteiger partial charge < -0.3 is 5.11 Å². The van der Waals surface area contributed by atoms with Crippen LogP contribution in [0.5, 0.6) is 0 Å². The number of fused-ring (bicyclic) bond motifs is 1. The summed E-state index contributed by atoms with van der Waals surface area (Å²) in [7, 11) is 0. The summed E-state index contributed by atoms with van der Waals surface area (Å²) in [5, 5.41) is 12.1. The molecule has 2 aromatic carbocycles. The van der Waals surface area contributed by atoms with Crippen molar-refractivity contribution in [1.29, 1.82) is 0 Å². The van der Waals surface area contributed by atoms with E-state index in [9.17, 15) is 9.90 Å². The molecule has 0 aliphatic carbocycles. The fourth-order valence-electron chi connectivity index (χ4n) is 3.59. The molecular formula is C18H21NO2. The van der Waals surface area contributed by atoms with Crippen molar-refractivity contribution in [2.75, 3.05) is 6.54 Å². The van der Waals surface area contributed by atoms with Crippen LogP contribution in [-0.4, -0.2) is 28.1 Å². The highest BCUT2D eigenvalue weighted by Crippen LogP contribution is 2.35. The van der Waals surface area contributed by atoms with Crippen LogP contribution < -0.4 is 0 Å². The van der Waals surface area contributed by atoms with E-state index >= 15 is 0 Å². The number of likely N-dealkylation sites (tertiary alicyclic amines) is 1. The van der Waals surface area contributed by atoms with Gasteiger partial charge in [0.15, 0.2) is 0 Å². The second-order valence-electron chi connectivity index (χ2n) is 5.85. The summed E-state index contributed by atoms with van der Waals surface area (Å²) in [6.45, 7) is 3.56. The van der Waals surface area contributed by atoms with Gasteiger partial charge in [-0.3, -0.25) is 9.69 Å². The van der Waals surface area contributed by atoms with Gasteiger partial charge in [-0.2, -0.15) is 0 Å². The molecule has 2 aromatic rings. The summed E-state index contributed by atoms with van der Waals surface area (Å²) in [4.78, 5) is 13.9. The number of aliphatic carboxylic acids is 1. The monoisotopic (exact) mass is 283 g/mol. The first kappa shape index (κ1) is 14.1. The maximum atomic E-state index is 11.8. The fraction of sp³-hybridized carbons (Fsp3) is 0.389. The summed E-state index contributed by atoms with van der Waals surface area (Å²) < 4.78 is 0. The van der Waals surface area contributed by atoms with E-state index < -0.39 is 11.5 Å². The van der Waals surface area contributed by atoms with Crippen molar-refractivity contribution in [2.45, 2.75) is 38.3 Å². The second kappa shape index (κ2) is 5.49. The van der Waals surface area contributed by atoms with Crippen molar-refractivity contribution in [1.82, 2.24) is 4.90 Å². The van der Waals surface area contributed by atoms with Gasteiger partial charge in [-0.1, -0.05) is 49.4 Å². The molecule has 0 aromatic heterocycles. The molecule has 1 atom stereocenters. The average Bonchev–Trinajstić information content (AvgIpc) is 2.92. The van der Waals surface area contributed by atoms with Gasteiger partial charge in [0, 0.05) is 6.54 Å². The Kier molecular flexibility index (Phi) is 3.68. The first-order valence-electron chi connectivity index (χ1n) is 7.62. The number of carbonyl (C=O) groups is 1. The van der Waals surface area contributed by atoms with Crippen molar-refractivity contribution in [3.63, 3.8) is 0 Å². The Hall–Kier alpha value is -1.87. The summed E-state index contributed by atoms with van der Waals surface area (Å²) in [5.74, 6) is -0.678. The summed E-state index contributed by atoms with van der Waals surface area (Å²) in [5.41, 5.74) is 0.533. The first-order chi connectivity index (χ1) is 10.2. The van der Waals surface area contributed by atoms with Crippen LogP contribution in [0.25, 0.3) is 10.8 Å². The third kappa shape index (κ3) is 2.32. The van der Waals surface area contributed by atoms with E-state index in [0.29, 0.717) is 13.0 Å². The van der Waals surface area contributed by atoms with E-state index in [1.54, 1.807) is 0 Å². The van der Waals surface area contributed by atoms with Gasteiger partial charge in [-0.05, 0) is 42.1 Å². The lowest BCUT2D eigenvalue weighted by atomic mass is 9.92. The van der Waals surface area contributed by atoms with Crippen molar-refractivity contribution < 1.29 is 9.90 Å². The Labute approximate surface area is 125 Å². The summed E-state index contributed by atoms with van der Waals surface area (Å²) >= 11 is 0. The Balaban J connectivity index is 1.96. The van der Waals surface area contributed by atoms with Crippen LogP contribution in [0.4, 0.5) is 0 Å². The molecule has 0 amide bonds. The highest BCUT2D eigenvalue weighted by atomic mass is 16.4. The zero-order chi connectivity index (χ0) is 14.9. The SMILES string of the molecule is CCC1(C(=O)O)CCCN1Cc1cccc2ccccc12. The lowest BCUT2D eigenvalue weighted by Crippen LogP contribution is -2.49. The van der Waals surface area contributed by atoms with Gasteiger partial charge in [0.1, 0.15) is 5.54 Å². The van der Waals surface area contributed by atoms with Crippen molar-refractivity contribution in [3.8, 4) is 0 Å². The Bertz CT molecular complexity index is 662. The van der Waals surface area contributed by atoms with Gasteiger partial charge >= 0.3 is 5.97 Å². The lowest BCUT2D eigenvalue weighted by Gasteiger charge is -2.34. The molecule has 1 aliphatic rings. The topological polar surface area (TPSA) is 40.5 Å². The molecule has 3 nitrogen and oxygen atoms in total. The molecule has 1 saturated heterocycles. The fourth-order valence-corrected chi connectivity index (χ4v) is 3.59. The molecule has 0 radical (unpaired) electrons. The summed E-state index contributed by atoms with van der Waals surface area (Å²) in [6.07, 6.45) is 2.38. The van der Waals surface area contributed by atoms with Crippen LogP contribution in [0.1, 0.15) is 31.7 Å². The van der Waals surface area contributed by atoms with Crippen LogP contribution in [0.15, 0.2) is 42.5 Å². The van der Waals surface area contributed by atoms with Crippen molar-refractivity contribution >= 4 is 16.7 Å². The second-order valence-corrected chi connectivity index (χ2v) is 5.85. The minimum Gasteiger partial charge on any atom is -0.480 e. The van der Waals surface area contributed by atoms with Gasteiger partial charge in [0.25, 0.3) is 0 Å². The van der Waals surface area contributed by atoms with Gasteiger partial charge in [-0.15, -0.1) is 0 Å². The maximum Gasteiger partial charge on any atom is 0.324 e. The van der Waals surface area contributed by atoms with E-state index in [1.165, 1.54) is 16.3 Å². The Morgan fingerprint density at radius 1 is 1.24 bits per heavy atom. The third-order valence-corrected chi connectivity index (χ3v) is 4.85. The Morgan fingerprint density at radius 3 is 2.76 bits per heavy atom. The zero-order valence-corrected chi connectivity index (χ0v) is 12.4. The molecule has 0 bridgehead atoms. The average molecular weight is 283 g/mol. The van der Waals surface area contributed by atoms with E-state index in [2.05, 4.69) is 35.2 Å². The van der Waals surface area contributed by atoms with Crippen LogP contribution >= 0.6 is 0 Å². The third-order valence-electron chi connectivity index (χ3n) is 4.85. The number of rotatable bonds is 4. The largest absolute Gasteiger partial charge is 0.480 e. The minimum atomic E-state index is -0.684. The number of benzene rings is 2. The molecule has 1 N–H and O–H groups in total. The molecule has 1 aliphatic heterocycles. The van der Waals surface area contributed by atoms with Gasteiger partial charge in [0.05, 0.1) is 0 Å². The molecule has 1 unspecified atom stereocenters. The van der Waals surface area contributed by atoms with E-state index in [4.69, 9.17) is 0 Å². The summed E-state index contributed by atoms with van der Waals surface area (Å²) in [6, 6.07) is 14.6. The number of nitrogens with zero attached hydrogens (tertiary/aromatic N) is 1. The van der Waals surface area contributed by atoms with Crippen LogP contribution in [0, 0.1) is 0 Å². The molecule has 3 heteroatoms. The standard InChI is InChI=1S/C18H21NO2/c1-2-18(17(20)21)11-6-12-19(18)13-15-9-5-8-14-7-3-4-10-16(14)15/h3-5,7-10H,2,6,11-13H2,1H3,(H,20,21). The first-order valence-corrected chi connectivity index (χ1v) is 7.62. The molecule has 0 spiro atoms. The molecular weight excluding hydrogens is 262 g/mol. The van der Waals surface area contributed by atoms with Gasteiger partial charge in [-0.25, -0.2) is 0 Å². The molecule has 0 saturated carbocycles. The van der Waals surface area contributed by atoms with Crippen LogP contribution in [0.3, 0.4) is 0 Å². The highest BCUT2D eigenvalue weighted by Gasteiger charge is 2.45. The maximum absolute atomic E-state index is 11.8. The highest BCUT2D eigenvalue weighted by molar-refractivity contribution is 5.85. The normalized spacial score (nSPS) is 22.7. The van der Waals surface area contributed by atoms with E-state index in [0.717, 1.165) is 19.4 Å². The minimum absolute atomic E-state index is 0.660. The quantitative estimate of drug-likeness (QED) is 0.930. The molecule has 1 heterocycles. The number of hydrogen-bond acceptors (Lipinski definition) is 2.